The maximum Gasteiger partial charge on any atom is 0.351 e. The summed E-state index contributed by atoms with van der Waals surface area (Å²) in [6.45, 7) is 2.65. The molecule has 0 spiro atoms. The minimum absolute atomic E-state index is 0.101. The van der Waals surface area contributed by atoms with Crippen molar-refractivity contribution in [3.05, 3.63) is 35.9 Å². The third-order valence-electron chi connectivity index (χ3n) is 2.58. The Morgan fingerprint density at radius 1 is 1.24 bits per heavy atom. The van der Waals surface area contributed by atoms with Gasteiger partial charge in [-0.3, -0.25) is 9.63 Å². The third-order valence-corrected chi connectivity index (χ3v) is 2.58. The van der Waals surface area contributed by atoms with Gasteiger partial charge in [0, 0.05) is 6.54 Å². The number of hydroxylamine groups is 2. The third kappa shape index (κ3) is 2.45. The topological polar surface area (TPSA) is 49.9 Å². The number of hydrogen-bond donors (Lipinski definition) is 0. The number of imide groups is 1. The molecule has 1 aliphatic heterocycles. The normalized spacial score (nSPS) is 15.8. The zero-order chi connectivity index (χ0) is 12.3. The summed E-state index contributed by atoms with van der Waals surface area (Å²) in [4.78, 5) is 29.9. The van der Waals surface area contributed by atoms with Crippen molar-refractivity contribution >= 4 is 11.9 Å². The second kappa shape index (κ2) is 4.97. The fourth-order valence-corrected chi connectivity index (χ4v) is 1.62. The number of benzene rings is 1. The van der Waals surface area contributed by atoms with E-state index in [1.165, 1.54) is 4.90 Å². The van der Waals surface area contributed by atoms with E-state index in [4.69, 9.17) is 4.84 Å². The van der Waals surface area contributed by atoms with Crippen LogP contribution in [0.2, 0.25) is 0 Å². The zero-order valence-corrected chi connectivity index (χ0v) is 9.63. The molecule has 0 bridgehead atoms. The predicted octanol–water partition coefficient (Wildman–Crippen LogP) is 1.40. The van der Waals surface area contributed by atoms with Crippen LogP contribution < -0.4 is 0 Å². The highest BCUT2D eigenvalue weighted by Crippen LogP contribution is 2.12. The van der Waals surface area contributed by atoms with Crippen molar-refractivity contribution in [1.82, 2.24) is 9.96 Å². The molecule has 17 heavy (non-hydrogen) atoms. The summed E-state index contributed by atoms with van der Waals surface area (Å²) in [5.41, 5.74) is 0.919. The molecule has 5 nitrogen and oxygen atoms in total. The molecule has 0 atom stereocenters. The van der Waals surface area contributed by atoms with Crippen LogP contribution in [0.4, 0.5) is 4.79 Å². The second-order valence-corrected chi connectivity index (χ2v) is 3.74. The van der Waals surface area contributed by atoms with Gasteiger partial charge in [-0.2, -0.15) is 0 Å². The lowest BCUT2D eigenvalue weighted by Crippen LogP contribution is -2.32. The van der Waals surface area contributed by atoms with Crippen molar-refractivity contribution < 1.29 is 14.4 Å². The Morgan fingerprint density at radius 3 is 2.53 bits per heavy atom. The van der Waals surface area contributed by atoms with Crippen molar-refractivity contribution in [3.63, 3.8) is 0 Å². The minimum Gasteiger partial charge on any atom is -0.313 e. The number of carbonyl (C=O) groups is 2. The van der Waals surface area contributed by atoms with Gasteiger partial charge in [-0.15, -0.1) is 5.06 Å². The van der Waals surface area contributed by atoms with Crippen LogP contribution in [0.5, 0.6) is 0 Å². The fraction of sp³-hybridized carbons (Fsp3) is 0.333. The Labute approximate surface area is 99.5 Å². The SMILES string of the molecule is CCN1CC(=O)N(OCc2ccccc2)C1=O. The van der Waals surface area contributed by atoms with Crippen LogP contribution >= 0.6 is 0 Å². The summed E-state index contributed by atoms with van der Waals surface area (Å²) in [5, 5.41) is 0.844. The van der Waals surface area contributed by atoms with Crippen LogP contribution in [-0.4, -0.2) is 35.0 Å². The summed E-state index contributed by atoms with van der Waals surface area (Å²) in [6, 6.07) is 9.03. The first kappa shape index (κ1) is 11.6. The quantitative estimate of drug-likeness (QED) is 0.740. The lowest BCUT2D eigenvalue weighted by molar-refractivity contribution is -0.165. The van der Waals surface area contributed by atoms with Crippen molar-refractivity contribution in [2.45, 2.75) is 13.5 Å². The summed E-state index contributed by atoms with van der Waals surface area (Å²) in [7, 11) is 0. The molecule has 0 N–H and O–H groups in total. The van der Waals surface area contributed by atoms with Crippen molar-refractivity contribution in [2.24, 2.45) is 0 Å². The van der Waals surface area contributed by atoms with E-state index in [-0.39, 0.29) is 25.1 Å². The van der Waals surface area contributed by atoms with Crippen LogP contribution in [0.15, 0.2) is 30.3 Å². The van der Waals surface area contributed by atoms with E-state index in [1.807, 2.05) is 37.3 Å². The van der Waals surface area contributed by atoms with E-state index in [1.54, 1.807) is 0 Å². The Hall–Kier alpha value is -1.88. The van der Waals surface area contributed by atoms with Gasteiger partial charge in [0.15, 0.2) is 0 Å². The number of rotatable bonds is 4. The molecule has 0 aliphatic carbocycles. The maximum atomic E-state index is 11.7. The molecule has 0 aromatic heterocycles. The molecule has 1 aromatic rings. The van der Waals surface area contributed by atoms with E-state index in [0.29, 0.717) is 6.54 Å². The zero-order valence-electron chi connectivity index (χ0n) is 9.63. The van der Waals surface area contributed by atoms with Crippen LogP contribution in [0.3, 0.4) is 0 Å². The molecular weight excluding hydrogens is 220 g/mol. The average Bonchev–Trinajstić information content (AvgIpc) is 2.63. The monoisotopic (exact) mass is 234 g/mol. The van der Waals surface area contributed by atoms with E-state index in [0.717, 1.165) is 10.6 Å². The number of amides is 3. The molecule has 1 aliphatic rings. The first-order valence-corrected chi connectivity index (χ1v) is 5.51. The Kier molecular flexibility index (Phi) is 3.39. The average molecular weight is 234 g/mol. The molecular formula is C12H14N2O3. The first-order valence-electron chi connectivity index (χ1n) is 5.51. The van der Waals surface area contributed by atoms with Gasteiger partial charge in [0.1, 0.15) is 13.2 Å². The standard InChI is InChI=1S/C12H14N2O3/c1-2-13-8-11(15)14(12(13)16)17-9-10-6-4-3-5-7-10/h3-7H,2,8-9H2,1H3. The number of nitrogens with zero attached hydrogens (tertiary/aromatic N) is 2. The van der Waals surface area contributed by atoms with Gasteiger partial charge in [0.25, 0.3) is 5.91 Å². The molecule has 3 amide bonds. The fourth-order valence-electron chi connectivity index (χ4n) is 1.62. The summed E-state index contributed by atoms with van der Waals surface area (Å²) >= 11 is 0. The number of likely N-dealkylation sites (N-methyl/N-ethyl adjacent to an activating group) is 1. The van der Waals surface area contributed by atoms with Gasteiger partial charge in [-0.1, -0.05) is 30.3 Å². The van der Waals surface area contributed by atoms with Gasteiger partial charge in [0.2, 0.25) is 0 Å². The predicted molar refractivity (Wildman–Crippen MR) is 60.7 cm³/mol. The largest absolute Gasteiger partial charge is 0.351 e. The molecule has 90 valence electrons. The Balaban J connectivity index is 1.96. The number of hydrogen-bond acceptors (Lipinski definition) is 3. The number of urea groups is 1. The van der Waals surface area contributed by atoms with Crippen molar-refractivity contribution in [3.8, 4) is 0 Å². The van der Waals surface area contributed by atoms with E-state index < -0.39 is 0 Å². The molecule has 5 heteroatoms. The lowest BCUT2D eigenvalue weighted by Gasteiger charge is -2.14. The number of carbonyl (C=O) groups excluding carboxylic acids is 2. The summed E-state index contributed by atoms with van der Waals surface area (Å²) in [5.74, 6) is -0.312. The van der Waals surface area contributed by atoms with Gasteiger partial charge in [-0.25, -0.2) is 4.79 Å². The van der Waals surface area contributed by atoms with E-state index in [2.05, 4.69) is 0 Å². The van der Waals surface area contributed by atoms with Crippen molar-refractivity contribution in [1.29, 1.82) is 0 Å². The van der Waals surface area contributed by atoms with Gasteiger partial charge in [0.05, 0.1) is 0 Å². The Morgan fingerprint density at radius 2 is 1.94 bits per heavy atom. The van der Waals surface area contributed by atoms with Crippen LogP contribution in [0, 0.1) is 0 Å². The second-order valence-electron chi connectivity index (χ2n) is 3.74. The molecule has 1 fully saturated rings. The van der Waals surface area contributed by atoms with E-state index >= 15 is 0 Å². The van der Waals surface area contributed by atoms with Crippen LogP contribution in [0.25, 0.3) is 0 Å². The maximum absolute atomic E-state index is 11.7. The highest BCUT2D eigenvalue weighted by Gasteiger charge is 2.36. The molecule has 0 saturated carbocycles. The van der Waals surface area contributed by atoms with Crippen molar-refractivity contribution in [2.75, 3.05) is 13.1 Å². The minimum atomic E-state index is -0.381. The van der Waals surface area contributed by atoms with Crippen LogP contribution in [0.1, 0.15) is 12.5 Å². The lowest BCUT2D eigenvalue weighted by atomic mass is 10.2. The van der Waals surface area contributed by atoms with Gasteiger partial charge in [-0.05, 0) is 12.5 Å². The van der Waals surface area contributed by atoms with E-state index in [9.17, 15) is 9.59 Å². The molecule has 0 unspecified atom stereocenters. The van der Waals surface area contributed by atoms with Gasteiger partial charge >= 0.3 is 6.03 Å². The van der Waals surface area contributed by atoms with Crippen LogP contribution in [-0.2, 0) is 16.2 Å². The Bertz CT molecular complexity index is 419. The molecule has 2 rings (SSSR count). The summed E-state index contributed by atoms with van der Waals surface area (Å²) < 4.78 is 0. The smallest absolute Gasteiger partial charge is 0.313 e. The molecule has 1 aromatic carbocycles. The first-order chi connectivity index (χ1) is 8.22. The summed E-state index contributed by atoms with van der Waals surface area (Å²) in [6.07, 6.45) is 0. The molecule has 1 saturated heterocycles. The highest BCUT2D eigenvalue weighted by atomic mass is 16.7. The molecule has 0 radical (unpaired) electrons. The van der Waals surface area contributed by atoms with Gasteiger partial charge < -0.3 is 4.90 Å². The highest BCUT2D eigenvalue weighted by molar-refractivity contribution is 6.00. The molecule has 1 heterocycles.